The van der Waals surface area contributed by atoms with Crippen LogP contribution in [0.2, 0.25) is 0 Å². The Morgan fingerprint density at radius 1 is 1.65 bits per heavy atom. The molecule has 1 heterocycles. The Morgan fingerprint density at radius 3 is 2.82 bits per heavy atom. The Kier molecular flexibility index (Phi) is 4.50. The summed E-state index contributed by atoms with van der Waals surface area (Å²) < 4.78 is 0. The normalized spacial score (nSPS) is 11.9. The minimum absolute atomic E-state index is 0.300. The molecule has 3 N–H and O–H groups in total. The zero-order chi connectivity index (χ0) is 12.8. The van der Waals surface area contributed by atoms with E-state index in [-0.39, 0.29) is 0 Å². The molecule has 1 aromatic rings. The molecule has 0 saturated carbocycles. The highest BCUT2D eigenvalue weighted by atomic mass is 16.4. The lowest BCUT2D eigenvalue weighted by atomic mass is 10.2. The topological polar surface area (TPSA) is 98.3 Å². The third-order valence-electron chi connectivity index (χ3n) is 2.29. The molecule has 0 aliphatic carbocycles. The summed E-state index contributed by atoms with van der Waals surface area (Å²) in [4.78, 5) is 30.6. The minimum atomic E-state index is -1.03. The lowest BCUT2D eigenvalue weighted by molar-refractivity contribution is -0.139. The third kappa shape index (κ3) is 3.78. The van der Waals surface area contributed by atoms with Crippen LogP contribution in [0.15, 0.2) is 12.4 Å². The number of amides is 2. The molecule has 1 rings (SSSR count). The average Bonchev–Trinajstić information content (AvgIpc) is 2.77. The van der Waals surface area contributed by atoms with E-state index >= 15 is 0 Å². The summed E-state index contributed by atoms with van der Waals surface area (Å²) in [5.74, 6) is -0.390. The molecule has 1 aromatic heterocycles. The fourth-order valence-electron chi connectivity index (χ4n) is 1.28. The number of carbonyl (C=O) groups is 2. The molecule has 0 bridgehead atoms. The fraction of sp³-hybridized carbons (Fsp3) is 0.500. The van der Waals surface area contributed by atoms with Crippen LogP contribution in [-0.2, 0) is 11.3 Å². The number of aliphatic carboxylic acids is 1. The molecular formula is C10H16N4O3. The summed E-state index contributed by atoms with van der Waals surface area (Å²) in [6.45, 7) is 2.00. The highest BCUT2D eigenvalue weighted by molar-refractivity contribution is 5.82. The van der Waals surface area contributed by atoms with Crippen LogP contribution in [0, 0.1) is 0 Å². The number of hydrogen-bond acceptors (Lipinski definition) is 3. The maximum absolute atomic E-state index is 11.7. The predicted octanol–water partition coefficient (Wildman–Crippen LogP) is 0.414. The van der Waals surface area contributed by atoms with E-state index in [0.717, 1.165) is 0 Å². The number of urea groups is 1. The van der Waals surface area contributed by atoms with Gasteiger partial charge in [-0.2, -0.15) is 0 Å². The first-order valence-electron chi connectivity index (χ1n) is 5.27. The van der Waals surface area contributed by atoms with Gasteiger partial charge in [-0.25, -0.2) is 14.6 Å². The zero-order valence-electron chi connectivity index (χ0n) is 9.80. The second kappa shape index (κ2) is 5.88. The molecule has 2 amide bonds. The molecule has 0 saturated heterocycles. The molecular weight excluding hydrogens is 224 g/mol. The van der Waals surface area contributed by atoms with E-state index in [4.69, 9.17) is 5.11 Å². The van der Waals surface area contributed by atoms with Gasteiger partial charge < -0.3 is 20.3 Å². The molecule has 0 aromatic carbocycles. The third-order valence-corrected chi connectivity index (χ3v) is 2.29. The Hall–Kier alpha value is -2.05. The number of nitrogens with zero attached hydrogens (tertiary/aromatic N) is 2. The van der Waals surface area contributed by atoms with E-state index in [0.29, 0.717) is 18.8 Å². The van der Waals surface area contributed by atoms with Crippen molar-refractivity contribution in [2.45, 2.75) is 25.9 Å². The number of carboxylic acid groups (broad SMARTS) is 1. The average molecular weight is 240 g/mol. The molecule has 7 nitrogen and oxygen atoms in total. The lowest BCUT2D eigenvalue weighted by Crippen LogP contribution is -2.46. The Balaban J connectivity index is 2.49. The number of rotatable bonds is 5. The molecule has 17 heavy (non-hydrogen) atoms. The van der Waals surface area contributed by atoms with Crippen LogP contribution in [0.25, 0.3) is 0 Å². The van der Waals surface area contributed by atoms with E-state index in [2.05, 4.69) is 15.3 Å². The summed E-state index contributed by atoms with van der Waals surface area (Å²) in [6.07, 6.45) is 3.59. The van der Waals surface area contributed by atoms with Gasteiger partial charge in [0.25, 0.3) is 0 Å². The Morgan fingerprint density at radius 2 is 2.35 bits per heavy atom. The van der Waals surface area contributed by atoms with Crippen molar-refractivity contribution >= 4 is 12.0 Å². The molecule has 94 valence electrons. The van der Waals surface area contributed by atoms with Crippen LogP contribution in [0.1, 0.15) is 19.2 Å². The summed E-state index contributed by atoms with van der Waals surface area (Å²) >= 11 is 0. The summed E-state index contributed by atoms with van der Waals surface area (Å²) in [7, 11) is 1.58. The van der Waals surface area contributed by atoms with Gasteiger partial charge in [-0.05, 0) is 6.42 Å². The van der Waals surface area contributed by atoms with Gasteiger partial charge in [0.15, 0.2) is 0 Å². The van der Waals surface area contributed by atoms with E-state index < -0.39 is 18.0 Å². The number of carboxylic acids is 1. The summed E-state index contributed by atoms with van der Waals surface area (Å²) in [6, 6.07) is -1.29. The lowest BCUT2D eigenvalue weighted by Gasteiger charge is -2.19. The highest BCUT2D eigenvalue weighted by Crippen LogP contribution is 1.98. The first-order valence-corrected chi connectivity index (χ1v) is 5.27. The molecule has 0 radical (unpaired) electrons. The number of hydrogen-bond donors (Lipinski definition) is 3. The first kappa shape index (κ1) is 13.0. The summed E-state index contributed by atoms with van der Waals surface area (Å²) in [5, 5.41) is 11.2. The van der Waals surface area contributed by atoms with Crippen molar-refractivity contribution in [3.63, 3.8) is 0 Å². The van der Waals surface area contributed by atoms with Crippen LogP contribution < -0.4 is 5.32 Å². The van der Waals surface area contributed by atoms with Gasteiger partial charge in [0.05, 0.1) is 6.54 Å². The van der Waals surface area contributed by atoms with Crippen molar-refractivity contribution in [3.8, 4) is 0 Å². The van der Waals surface area contributed by atoms with E-state index in [1.54, 1.807) is 26.4 Å². The van der Waals surface area contributed by atoms with E-state index in [1.807, 2.05) is 0 Å². The monoisotopic (exact) mass is 240 g/mol. The molecule has 0 unspecified atom stereocenters. The van der Waals surface area contributed by atoms with Crippen LogP contribution >= 0.6 is 0 Å². The number of carbonyl (C=O) groups excluding carboxylic acids is 1. The highest BCUT2D eigenvalue weighted by Gasteiger charge is 2.19. The van der Waals surface area contributed by atoms with Crippen molar-refractivity contribution in [1.82, 2.24) is 20.2 Å². The fourth-order valence-corrected chi connectivity index (χ4v) is 1.28. The van der Waals surface area contributed by atoms with Gasteiger partial charge in [-0.1, -0.05) is 6.92 Å². The van der Waals surface area contributed by atoms with Crippen molar-refractivity contribution in [2.24, 2.45) is 0 Å². The number of aromatic amines is 1. The van der Waals surface area contributed by atoms with Gasteiger partial charge in [-0.15, -0.1) is 0 Å². The van der Waals surface area contributed by atoms with Gasteiger partial charge in [0.2, 0.25) is 0 Å². The van der Waals surface area contributed by atoms with E-state index in [1.165, 1.54) is 4.90 Å². The van der Waals surface area contributed by atoms with Crippen molar-refractivity contribution in [3.05, 3.63) is 18.2 Å². The summed E-state index contributed by atoms with van der Waals surface area (Å²) in [5.41, 5.74) is 0. The number of H-pyrrole nitrogens is 1. The molecule has 0 aliphatic rings. The second-order valence-electron chi connectivity index (χ2n) is 3.64. The maximum atomic E-state index is 11.7. The quantitative estimate of drug-likeness (QED) is 0.694. The number of aromatic nitrogens is 2. The van der Waals surface area contributed by atoms with Gasteiger partial charge >= 0.3 is 12.0 Å². The van der Waals surface area contributed by atoms with E-state index in [9.17, 15) is 9.59 Å². The van der Waals surface area contributed by atoms with Crippen LogP contribution in [-0.4, -0.2) is 45.1 Å². The van der Waals surface area contributed by atoms with Crippen molar-refractivity contribution in [2.75, 3.05) is 7.05 Å². The number of imidazole rings is 1. The second-order valence-corrected chi connectivity index (χ2v) is 3.64. The molecule has 1 atom stereocenters. The SMILES string of the molecule is CC[C@H](NC(=O)N(C)Cc1ncc[nH]1)C(=O)O. The largest absolute Gasteiger partial charge is 0.480 e. The molecule has 0 fully saturated rings. The maximum Gasteiger partial charge on any atom is 0.326 e. The molecule has 0 aliphatic heterocycles. The van der Waals surface area contributed by atoms with Crippen LogP contribution in [0.3, 0.4) is 0 Å². The van der Waals surface area contributed by atoms with Gasteiger partial charge in [0.1, 0.15) is 11.9 Å². The van der Waals surface area contributed by atoms with Crippen molar-refractivity contribution in [1.29, 1.82) is 0 Å². The molecule has 0 spiro atoms. The minimum Gasteiger partial charge on any atom is -0.480 e. The van der Waals surface area contributed by atoms with Gasteiger partial charge in [-0.3, -0.25) is 0 Å². The smallest absolute Gasteiger partial charge is 0.326 e. The predicted molar refractivity (Wildman–Crippen MR) is 60.3 cm³/mol. The Bertz CT molecular complexity index is 377. The standard InChI is InChI=1S/C10H16N4O3/c1-3-7(9(15)16)13-10(17)14(2)6-8-11-4-5-12-8/h4-5,7H,3,6H2,1-2H3,(H,11,12)(H,13,17)(H,15,16)/t7-/m0/s1. The van der Waals surface area contributed by atoms with Crippen LogP contribution in [0.4, 0.5) is 4.79 Å². The number of nitrogens with one attached hydrogen (secondary N) is 2. The zero-order valence-corrected chi connectivity index (χ0v) is 9.80. The van der Waals surface area contributed by atoms with Crippen molar-refractivity contribution < 1.29 is 14.7 Å². The van der Waals surface area contributed by atoms with Crippen LogP contribution in [0.5, 0.6) is 0 Å². The Labute approximate surface area is 98.8 Å². The first-order chi connectivity index (χ1) is 8.04. The molecule has 7 heteroatoms. The van der Waals surface area contributed by atoms with Gasteiger partial charge in [0, 0.05) is 19.4 Å².